The van der Waals surface area contributed by atoms with Crippen LogP contribution < -0.4 is 5.73 Å². The van der Waals surface area contributed by atoms with Crippen LogP contribution in [0, 0.1) is 20.2 Å². The second-order valence-electron chi connectivity index (χ2n) is 4.10. The van der Waals surface area contributed by atoms with Gasteiger partial charge in [-0.05, 0) is 6.92 Å². The van der Waals surface area contributed by atoms with Crippen LogP contribution in [0.25, 0.3) is 5.69 Å². The first kappa shape index (κ1) is 13.5. The molecular weight excluding hydrogens is 268 g/mol. The Hall–Kier alpha value is -2.88. The van der Waals surface area contributed by atoms with Crippen LogP contribution in [0.1, 0.15) is 18.7 Å². The minimum atomic E-state index is -0.708. The van der Waals surface area contributed by atoms with Gasteiger partial charge in [0, 0.05) is 18.2 Å². The van der Waals surface area contributed by atoms with E-state index in [1.165, 1.54) is 23.0 Å². The Bertz CT molecular complexity index is 648. The van der Waals surface area contributed by atoms with Gasteiger partial charge in [0.2, 0.25) is 0 Å². The minimum absolute atomic E-state index is 0.172. The van der Waals surface area contributed by atoms with Gasteiger partial charge in [-0.2, -0.15) is 0 Å². The summed E-state index contributed by atoms with van der Waals surface area (Å²) in [5, 5.41) is 29.1. The van der Waals surface area contributed by atoms with E-state index in [2.05, 4.69) is 10.3 Å². The fourth-order valence-corrected chi connectivity index (χ4v) is 1.53. The van der Waals surface area contributed by atoms with Crippen LogP contribution >= 0.6 is 0 Å². The van der Waals surface area contributed by atoms with E-state index in [9.17, 15) is 20.2 Å². The van der Waals surface area contributed by atoms with Crippen LogP contribution in [0.5, 0.6) is 0 Å². The SMILES string of the molecule is CC(N)c1cn(-c2cc([N+](=O)[O-])cc([N+](=O)[O-])c2)nn1. The number of benzene rings is 1. The maximum Gasteiger partial charge on any atom is 0.278 e. The zero-order valence-electron chi connectivity index (χ0n) is 10.3. The molecule has 0 radical (unpaired) electrons. The maximum absolute atomic E-state index is 10.8. The van der Waals surface area contributed by atoms with Crippen LogP contribution in [-0.2, 0) is 0 Å². The summed E-state index contributed by atoms with van der Waals surface area (Å²) in [6.07, 6.45) is 1.47. The van der Waals surface area contributed by atoms with E-state index < -0.39 is 21.2 Å². The average molecular weight is 278 g/mol. The number of aromatic nitrogens is 3. The second kappa shape index (κ2) is 5.01. The van der Waals surface area contributed by atoms with Crippen molar-refractivity contribution in [1.29, 1.82) is 0 Å². The number of non-ortho nitro benzene ring substituents is 2. The Labute approximate surface area is 112 Å². The van der Waals surface area contributed by atoms with Crippen molar-refractivity contribution in [3.8, 4) is 5.69 Å². The first-order chi connectivity index (χ1) is 9.38. The average Bonchev–Trinajstić information content (AvgIpc) is 2.87. The molecule has 0 amide bonds. The molecule has 0 spiro atoms. The monoisotopic (exact) mass is 278 g/mol. The predicted molar refractivity (Wildman–Crippen MR) is 67.3 cm³/mol. The van der Waals surface area contributed by atoms with Gasteiger partial charge in [0.1, 0.15) is 0 Å². The van der Waals surface area contributed by atoms with Crippen molar-refractivity contribution in [1.82, 2.24) is 15.0 Å². The van der Waals surface area contributed by atoms with Crippen molar-refractivity contribution in [3.63, 3.8) is 0 Å². The lowest BCUT2D eigenvalue weighted by Gasteiger charge is -2.01. The Morgan fingerprint density at radius 1 is 1.20 bits per heavy atom. The van der Waals surface area contributed by atoms with Crippen molar-refractivity contribution in [2.75, 3.05) is 0 Å². The van der Waals surface area contributed by atoms with E-state index >= 15 is 0 Å². The minimum Gasteiger partial charge on any atom is -0.323 e. The summed E-state index contributed by atoms with van der Waals surface area (Å²) in [4.78, 5) is 20.2. The summed E-state index contributed by atoms with van der Waals surface area (Å²) in [5.74, 6) is 0. The van der Waals surface area contributed by atoms with E-state index in [-0.39, 0.29) is 11.7 Å². The van der Waals surface area contributed by atoms with Crippen LogP contribution in [0.3, 0.4) is 0 Å². The molecule has 0 aliphatic carbocycles. The third-order valence-electron chi connectivity index (χ3n) is 2.55. The van der Waals surface area contributed by atoms with Gasteiger partial charge in [-0.1, -0.05) is 5.21 Å². The van der Waals surface area contributed by atoms with Gasteiger partial charge in [-0.25, -0.2) is 4.68 Å². The molecule has 0 saturated carbocycles. The molecule has 1 aromatic carbocycles. The van der Waals surface area contributed by atoms with E-state index in [1.807, 2.05) is 0 Å². The normalized spacial score (nSPS) is 12.1. The summed E-state index contributed by atoms with van der Waals surface area (Å²) in [5.41, 5.74) is 5.48. The lowest BCUT2D eigenvalue weighted by molar-refractivity contribution is -0.394. The molecule has 2 aromatic rings. The highest BCUT2D eigenvalue weighted by Gasteiger charge is 2.18. The van der Waals surface area contributed by atoms with Gasteiger partial charge < -0.3 is 5.73 Å². The number of hydrogen-bond acceptors (Lipinski definition) is 7. The largest absolute Gasteiger partial charge is 0.323 e. The molecule has 0 aliphatic rings. The lowest BCUT2D eigenvalue weighted by Crippen LogP contribution is -2.05. The van der Waals surface area contributed by atoms with Crippen molar-refractivity contribution in [3.05, 3.63) is 50.3 Å². The van der Waals surface area contributed by atoms with Gasteiger partial charge in [0.15, 0.2) is 0 Å². The molecule has 1 heterocycles. The highest BCUT2D eigenvalue weighted by Crippen LogP contribution is 2.24. The smallest absolute Gasteiger partial charge is 0.278 e. The molecule has 0 bridgehead atoms. The number of nitrogens with zero attached hydrogens (tertiary/aromatic N) is 5. The van der Waals surface area contributed by atoms with E-state index in [0.29, 0.717) is 5.69 Å². The first-order valence-corrected chi connectivity index (χ1v) is 5.50. The third-order valence-corrected chi connectivity index (χ3v) is 2.55. The topological polar surface area (TPSA) is 143 Å². The molecule has 1 atom stereocenters. The summed E-state index contributed by atoms with van der Waals surface area (Å²) in [7, 11) is 0. The van der Waals surface area contributed by atoms with Crippen molar-refractivity contribution < 1.29 is 9.85 Å². The number of nitro benzene ring substituents is 2. The van der Waals surface area contributed by atoms with Gasteiger partial charge in [0.05, 0.1) is 33.5 Å². The predicted octanol–water partition coefficient (Wildman–Crippen LogP) is 1.10. The fraction of sp³-hybridized carbons (Fsp3) is 0.200. The standard InChI is InChI=1S/C10H10N6O4/c1-6(11)10-5-14(13-12-10)7-2-8(15(17)18)4-9(3-7)16(19)20/h2-6H,11H2,1H3. The maximum atomic E-state index is 10.8. The third kappa shape index (κ3) is 2.59. The zero-order chi connectivity index (χ0) is 14.9. The summed E-state index contributed by atoms with van der Waals surface area (Å²) >= 11 is 0. The Morgan fingerprint density at radius 3 is 2.15 bits per heavy atom. The lowest BCUT2D eigenvalue weighted by atomic mass is 10.2. The summed E-state index contributed by atoms with van der Waals surface area (Å²) in [6, 6.07) is 2.86. The number of hydrogen-bond donors (Lipinski definition) is 1. The second-order valence-corrected chi connectivity index (χ2v) is 4.10. The molecule has 1 unspecified atom stereocenters. The van der Waals surface area contributed by atoms with Crippen molar-refractivity contribution in [2.45, 2.75) is 13.0 Å². The first-order valence-electron chi connectivity index (χ1n) is 5.50. The number of rotatable bonds is 4. The van der Waals surface area contributed by atoms with Gasteiger partial charge in [0.25, 0.3) is 11.4 Å². The highest BCUT2D eigenvalue weighted by atomic mass is 16.6. The van der Waals surface area contributed by atoms with Gasteiger partial charge >= 0.3 is 0 Å². The Morgan fingerprint density at radius 2 is 1.75 bits per heavy atom. The Kier molecular flexibility index (Phi) is 3.39. The molecule has 1 aromatic heterocycles. The molecule has 0 fully saturated rings. The Balaban J connectivity index is 2.54. The van der Waals surface area contributed by atoms with Crippen LogP contribution in [-0.4, -0.2) is 24.8 Å². The van der Waals surface area contributed by atoms with E-state index in [0.717, 1.165) is 6.07 Å². The molecule has 10 heteroatoms. The number of nitrogens with two attached hydrogens (primary N) is 1. The summed E-state index contributed by atoms with van der Waals surface area (Å²) < 4.78 is 1.21. The summed E-state index contributed by atoms with van der Waals surface area (Å²) in [6.45, 7) is 1.70. The molecule has 0 aliphatic heterocycles. The van der Waals surface area contributed by atoms with Crippen molar-refractivity contribution >= 4 is 11.4 Å². The van der Waals surface area contributed by atoms with Crippen LogP contribution in [0.2, 0.25) is 0 Å². The molecule has 2 N–H and O–H groups in total. The van der Waals surface area contributed by atoms with E-state index in [4.69, 9.17) is 5.73 Å². The molecular formula is C10H10N6O4. The van der Waals surface area contributed by atoms with Crippen LogP contribution in [0.4, 0.5) is 11.4 Å². The highest BCUT2D eigenvalue weighted by molar-refractivity contribution is 5.52. The molecule has 20 heavy (non-hydrogen) atoms. The van der Waals surface area contributed by atoms with Gasteiger partial charge in [-0.15, -0.1) is 5.10 Å². The molecule has 0 saturated heterocycles. The van der Waals surface area contributed by atoms with Crippen molar-refractivity contribution in [2.24, 2.45) is 5.73 Å². The molecule has 2 rings (SSSR count). The van der Waals surface area contributed by atoms with Crippen LogP contribution in [0.15, 0.2) is 24.4 Å². The fourth-order valence-electron chi connectivity index (χ4n) is 1.53. The van der Waals surface area contributed by atoms with Gasteiger partial charge in [-0.3, -0.25) is 20.2 Å². The zero-order valence-corrected chi connectivity index (χ0v) is 10.3. The molecule has 104 valence electrons. The van der Waals surface area contributed by atoms with E-state index in [1.54, 1.807) is 6.92 Å². The quantitative estimate of drug-likeness (QED) is 0.651. The molecule has 10 nitrogen and oxygen atoms in total. The number of nitro groups is 2.